The number of aryl methyl sites for hydroxylation is 1. The molecule has 1 N–H and O–H groups in total. The Bertz CT molecular complexity index is 952. The Balaban J connectivity index is 1.32. The SMILES string of the molecule is CCc1ccc(CN2C[C@@H]3C[C@H](C2)c2ccc(CN4CCC[C@H]4CO)c(=O)n2C3)s1. The van der Waals surface area contributed by atoms with E-state index in [0.717, 1.165) is 57.5 Å². The number of pyridine rings is 1. The topological polar surface area (TPSA) is 48.7 Å². The van der Waals surface area contributed by atoms with Crippen molar-refractivity contribution in [3.8, 4) is 0 Å². The van der Waals surface area contributed by atoms with Gasteiger partial charge in [-0.15, -0.1) is 11.3 Å². The Hall–Kier alpha value is -1.47. The Morgan fingerprint density at radius 1 is 1.10 bits per heavy atom. The second kappa shape index (κ2) is 8.58. The second-order valence-electron chi connectivity index (χ2n) is 9.36. The van der Waals surface area contributed by atoms with Crippen molar-refractivity contribution in [2.24, 2.45) is 5.92 Å². The minimum absolute atomic E-state index is 0.191. The Morgan fingerprint density at radius 2 is 1.97 bits per heavy atom. The zero-order valence-electron chi connectivity index (χ0n) is 17.9. The van der Waals surface area contributed by atoms with Crippen LogP contribution in [0.3, 0.4) is 0 Å². The summed E-state index contributed by atoms with van der Waals surface area (Å²) in [5, 5.41) is 9.60. The molecule has 0 aromatic carbocycles. The van der Waals surface area contributed by atoms with E-state index >= 15 is 0 Å². The lowest BCUT2D eigenvalue weighted by Crippen LogP contribution is -2.47. The molecule has 3 aliphatic rings. The van der Waals surface area contributed by atoms with Crippen LogP contribution in [0, 0.1) is 5.92 Å². The summed E-state index contributed by atoms with van der Waals surface area (Å²) in [4.78, 5) is 21.1. The van der Waals surface area contributed by atoms with Crippen LogP contribution >= 0.6 is 11.3 Å². The Labute approximate surface area is 182 Å². The van der Waals surface area contributed by atoms with Crippen molar-refractivity contribution < 1.29 is 5.11 Å². The molecule has 30 heavy (non-hydrogen) atoms. The number of hydrogen-bond acceptors (Lipinski definition) is 5. The first-order valence-electron chi connectivity index (χ1n) is 11.5. The number of nitrogens with zero attached hydrogens (tertiary/aromatic N) is 3. The largest absolute Gasteiger partial charge is 0.395 e. The summed E-state index contributed by atoms with van der Waals surface area (Å²) < 4.78 is 2.08. The van der Waals surface area contributed by atoms with E-state index < -0.39 is 0 Å². The number of aromatic nitrogens is 1. The zero-order chi connectivity index (χ0) is 20.7. The highest BCUT2D eigenvalue weighted by Gasteiger charge is 2.35. The molecule has 0 radical (unpaired) electrons. The summed E-state index contributed by atoms with van der Waals surface area (Å²) in [5.74, 6) is 1.02. The maximum Gasteiger partial charge on any atom is 0.255 e. The minimum atomic E-state index is 0.191. The molecule has 2 aromatic heterocycles. The number of piperidine rings is 1. The van der Waals surface area contributed by atoms with E-state index in [0.29, 0.717) is 18.4 Å². The summed E-state index contributed by atoms with van der Waals surface area (Å²) in [6.07, 6.45) is 4.47. The zero-order valence-corrected chi connectivity index (χ0v) is 18.7. The highest BCUT2D eigenvalue weighted by molar-refractivity contribution is 7.11. The van der Waals surface area contributed by atoms with Crippen LogP contribution in [0.2, 0.25) is 0 Å². The summed E-state index contributed by atoms with van der Waals surface area (Å²) in [7, 11) is 0. The van der Waals surface area contributed by atoms with Gasteiger partial charge in [0.05, 0.1) is 6.61 Å². The Kier molecular flexibility index (Phi) is 5.84. The summed E-state index contributed by atoms with van der Waals surface area (Å²) in [5.41, 5.74) is 2.32. The molecule has 0 amide bonds. The summed E-state index contributed by atoms with van der Waals surface area (Å²) in [6, 6.07) is 9.04. The highest BCUT2D eigenvalue weighted by Crippen LogP contribution is 2.36. The van der Waals surface area contributed by atoms with Gasteiger partial charge in [-0.2, -0.15) is 0 Å². The lowest BCUT2D eigenvalue weighted by molar-refractivity contribution is 0.114. The van der Waals surface area contributed by atoms with E-state index in [4.69, 9.17) is 0 Å². The van der Waals surface area contributed by atoms with Gasteiger partial charge in [0.25, 0.3) is 5.56 Å². The fourth-order valence-electron chi connectivity index (χ4n) is 5.79. The van der Waals surface area contributed by atoms with Crippen LogP contribution in [0.15, 0.2) is 29.1 Å². The fraction of sp³-hybridized carbons (Fsp3) is 0.625. The van der Waals surface area contributed by atoms with Crippen LogP contribution < -0.4 is 5.56 Å². The van der Waals surface area contributed by atoms with Crippen LogP contribution in [0.4, 0.5) is 0 Å². The van der Waals surface area contributed by atoms with Crippen molar-refractivity contribution in [1.29, 1.82) is 0 Å². The van der Waals surface area contributed by atoms with Crippen LogP contribution in [-0.4, -0.2) is 51.8 Å². The molecule has 5 nitrogen and oxygen atoms in total. The summed E-state index contributed by atoms with van der Waals surface area (Å²) in [6.45, 7) is 8.09. The normalized spacial score (nSPS) is 26.8. The molecule has 162 valence electrons. The van der Waals surface area contributed by atoms with Crippen molar-refractivity contribution in [2.75, 3.05) is 26.2 Å². The molecular formula is C24H33N3O2S. The quantitative estimate of drug-likeness (QED) is 0.770. The number of hydrogen-bond donors (Lipinski definition) is 1. The van der Waals surface area contributed by atoms with Gasteiger partial charge >= 0.3 is 0 Å². The first kappa shape index (κ1) is 20.4. The van der Waals surface area contributed by atoms with E-state index in [-0.39, 0.29) is 18.2 Å². The van der Waals surface area contributed by atoms with E-state index in [1.165, 1.54) is 21.9 Å². The maximum absolute atomic E-state index is 13.3. The molecule has 0 spiro atoms. The summed E-state index contributed by atoms with van der Waals surface area (Å²) >= 11 is 1.94. The maximum atomic E-state index is 13.3. The number of fused-ring (bicyclic) bond motifs is 4. The molecule has 2 saturated heterocycles. The van der Waals surface area contributed by atoms with Crippen LogP contribution in [0.5, 0.6) is 0 Å². The number of aliphatic hydroxyl groups is 1. The Morgan fingerprint density at radius 3 is 2.77 bits per heavy atom. The number of likely N-dealkylation sites (tertiary alicyclic amines) is 2. The van der Waals surface area contributed by atoms with E-state index in [1.54, 1.807) is 0 Å². The van der Waals surface area contributed by atoms with Crippen molar-refractivity contribution in [3.05, 3.63) is 55.6 Å². The monoisotopic (exact) mass is 427 g/mol. The first-order chi connectivity index (χ1) is 14.6. The fourth-order valence-corrected chi connectivity index (χ4v) is 6.79. The average molecular weight is 428 g/mol. The van der Waals surface area contributed by atoms with Gasteiger partial charge in [-0.1, -0.05) is 13.0 Å². The molecule has 3 aliphatic heterocycles. The molecule has 0 aliphatic carbocycles. The predicted octanol–water partition coefficient (Wildman–Crippen LogP) is 3.05. The molecule has 2 fully saturated rings. The van der Waals surface area contributed by atoms with Gasteiger partial charge in [-0.3, -0.25) is 14.6 Å². The second-order valence-corrected chi connectivity index (χ2v) is 10.6. The van der Waals surface area contributed by atoms with Gasteiger partial charge in [0.2, 0.25) is 0 Å². The average Bonchev–Trinajstić information content (AvgIpc) is 3.39. The lowest BCUT2D eigenvalue weighted by Gasteiger charge is -2.43. The molecular weight excluding hydrogens is 394 g/mol. The molecule has 0 saturated carbocycles. The number of rotatable bonds is 6. The lowest BCUT2D eigenvalue weighted by atomic mass is 9.83. The van der Waals surface area contributed by atoms with Crippen molar-refractivity contribution >= 4 is 11.3 Å². The minimum Gasteiger partial charge on any atom is -0.395 e. The molecule has 3 atom stereocenters. The van der Waals surface area contributed by atoms with Gasteiger partial charge in [0.15, 0.2) is 0 Å². The van der Waals surface area contributed by atoms with Crippen molar-refractivity contribution in [3.63, 3.8) is 0 Å². The third-order valence-corrected chi connectivity index (χ3v) is 8.50. The highest BCUT2D eigenvalue weighted by atomic mass is 32.1. The number of thiophene rings is 1. The first-order valence-corrected chi connectivity index (χ1v) is 12.3. The molecule has 2 aromatic rings. The third kappa shape index (κ3) is 3.91. The molecule has 0 unspecified atom stereocenters. The molecule has 6 heteroatoms. The van der Waals surface area contributed by atoms with Crippen LogP contribution in [0.1, 0.15) is 53.1 Å². The number of aliphatic hydroxyl groups excluding tert-OH is 1. The van der Waals surface area contributed by atoms with Crippen LogP contribution in [-0.2, 0) is 26.1 Å². The van der Waals surface area contributed by atoms with E-state index in [9.17, 15) is 9.90 Å². The van der Waals surface area contributed by atoms with E-state index in [2.05, 4.69) is 45.6 Å². The van der Waals surface area contributed by atoms with Crippen molar-refractivity contribution in [2.45, 2.75) is 64.2 Å². The van der Waals surface area contributed by atoms with Gasteiger partial charge in [-0.05, 0) is 56.3 Å². The third-order valence-electron chi connectivity index (χ3n) is 7.29. The van der Waals surface area contributed by atoms with Gasteiger partial charge in [-0.25, -0.2) is 0 Å². The smallest absolute Gasteiger partial charge is 0.255 e. The van der Waals surface area contributed by atoms with Gasteiger partial charge in [0, 0.05) is 65.7 Å². The molecule has 2 bridgehead atoms. The standard InChI is InChI=1S/C24H33N3O2S/c1-2-21-6-7-22(30-21)15-25-11-17-10-19(13-25)23-8-5-18(24(29)27(23)12-17)14-26-9-3-4-20(26)16-28/h5-8,17,19-20,28H,2-4,9-16H2,1H3/t17-,19+,20-/m0/s1. The molecule has 5 heterocycles. The van der Waals surface area contributed by atoms with E-state index in [1.807, 2.05) is 11.3 Å². The molecule has 5 rings (SSSR count). The van der Waals surface area contributed by atoms with Crippen molar-refractivity contribution in [1.82, 2.24) is 14.4 Å². The van der Waals surface area contributed by atoms with Gasteiger partial charge < -0.3 is 9.67 Å². The van der Waals surface area contributed by atoms with Gasteiger partial charge in [0.1, 0.15) is 0 Å². The van der Waals surface area contributed by atoms with Crippen LogP contribution in [0.25, 0.3) is 0 Å². The predicted molar refractivity (Wildman–Crippen MR) is 121 cm³/mol.